The monoisotopic (exact) mass is 319 g/mol. The molecule has 5 nitrogen and oxygen atoms in total. The summed E-state index contributed by atoms with van der Waals surface area (Å²) in [4.78, 5) is 0.276. The summed E-state index contributed by atoms with van der Waals surface area (Å²) in [7, 11) is -3.42. The quantitative estimate of drug-likeness (QED) is 0.691. The third kappa shape index (κ3) is 3.74. The number of alkyl halides is 1. The minimum absolute atomic E-state index is 0.176. The summed E-state index contributed by atoms with van der Waals surface area (Å²) in [5, 5.41) is 4.06. The summed E-state index contributed by atoms with van der Waals surface area (Å²) in [6.45, 7) is 5.32. The van der Waals surface area contributed by atoms with Gasteiger partial charge in [0.1, 0.15) is 4.90 Å². The fourth-order valence-electron chi connectivity index (χ4n) is 2.07. The Morgan fingerprint density at radius 2 is 2.20 bits per heavy atom. The molecule has 0 N–H and O–H groups in total. The zero-order valence-electron chi connectivity index (χ0n) is 12.0. The van der Waals surface area contributed by atoms with Crippen LogP contribution in [0.1, 0.15) is 33.1 Å². The lowest BCUT2D eigenvalue weighted by atomic mass is 10.1. The highest BCUT2D eigenvalue weighted by Gasteiger charge is 2.38. The SMILES string of the molecule is CC(C)CCN(C1CC1)S(=O)(=O)c1cnn(CCCl)c1. The number of aryl methyl sites for hydroxylation is 1. The Morgan fingerprint density at radius 1 is 1.50 bits per heavy atom. The van der Waals surface area contributed by atoms with E-state index >= 15 is 0 Å². The molecule has 0 unspecified atom stereocenters. The molecule has 0 aromatic carbocycles. The van der Waals surface area contributed by atoms with Crippen LogP contribution in [-0.2, 0) is 16.6 Å². The van der Waals surface area contributed by atoms with Gasteiger partial charge in [0.15, 0.2) is 0 Å². The van der Waals surface area contributed by atoms with Gasteiger partial charge < -0.3 is 0 Å². The molecule has 1 aliphatic carbocycles. The molecule has 0 bridgehead atoms. The molecule has 20 heavy (non-hydrogen) atoms. The van der Waals surface area contributed by atoms with Gasteiger partial charge in [-0.2, -0.15) is 9.40 Å². The van der Waals surface area contributed by atoms with Crippen LogP contribution in [0.3, 0.4) is 0 Å². The minimum atomic E-state index is -3.42. The molecule has 7 heteroatoms. The van der Waals surface area contributed by atoms with Crippen LogP contribution in [0.2, 0.25) is 0 Å². The third-order valence-corrected chi connectivity index (χ3v) is 5.48. The van der Waals surface area contributed by atoms with Gasteiger partial charge >= 0.3 is 0 Å². The fraction of sp³-hybridized carbons (Fsp3) is 0.769. The van der Waals surface area contributed by atoms with E-state index in [9.17, 15) is 8.42 Å². The average molecular weight is 320 g/mol. The first-order valence-electron chi connectivity index (χ1n) is 7.05. The van der Waals surface area contributed by atoms with Gasteiger partial charge in [-0.05, 0) is 25.2 Å². The maximum atomic E-state index is 12.7. The van der Waals surface area contributed by atoms with E-state index in [1.807, 2.05) is 0 Å². The van der Waals surface area contributed by atoms with Crippen molar-refractivity contribution in [2.24, 2.45) is 5.92 Å². The lowest BCUT2D eigenvalue weighted by Gasteiger charge is -2.21. The van der Waals surface area contributed by atoms with E-state index in [2.05, 4.69) is 18.9 Å². The van der Waals surface area contributed by atoms with E-state index in [4.69, 9.17) is 11.6 Å². The zero-order valence-corrected chi connectivity index (χ0v) is 13.6. The zero-order chi connectivity index (χ0) is 14.8. The molecule has 0 radical (unpaired) electrons. The Balaban J connectivity index is 2.16. The Kier molecular flexibility index (Phi) is 5.09. The van der Waals surface area contributed by atoms with Crippen molar-refractivity contribution < 1.29 is 8.42 Å². The molecular formula is C13H22ClN3O2S. The largest absolute Gasteiger partial charge is 0.270 e. The molecule has 1 saturated carbocycles. The molecule has 0 amide bonds. The van der Waals surface area contributed by atoms with E-state index in [1.165, 1.54) is 6.20 Å². The van der Waals surface area contributed by atoms with Crippen LogP contribution in [0.4, 0.5) is 0 Å². The van der Waals surface area contributed by atoms with Crippen LogP contribution in [-0.4, -0.2) is 41.0 Å². The van der Waals surface area contributed by atoms with Gasteiger partial charge in [-0.15, -0.1) is 11.6 Å². The second-order valence-electron chi connectivity index (χ2n) is 5.66. The van der Waals surface area contributed by atoms with Gasteiger partial charge in [0.2, 0.25) is 10.0 Å². The Labute approximate surface area is 126 Å². The molecule has 1 heterocycles. The maximum absolute atomic E-state index is 12.7. The predicted octanol–water partition coefficient (Wildman–Crippen LogP) is 2.32. The minimum Gasteiger partial charge on any atom is -0.270 e. The van der Waals surface area contributed by atoms with E-state index in [0.29, 0.717) is 24.9 Å². The summed E-state index contributed by atoms with van der Waals surface area (Å²) >= 11 is 5.65. The van der Waals surface area contributed by atoms with Crippen molar-refractivity contribution in [2.45, 2.75) is 50.6 Å². The first-order chi connectivity index (χ1) is 9.45. The van der Waals surface area contributed by atoms with Gasteiger partial charge in [0.05, 0.1) is 12.7 Å². The molecular weight excluding hydrogens is 298 g/mol. The molecule has 0 spiro atoms. The van der Waals surface area contributed by atoms with Crippen LogP contribution in [0.15, 0.2) is 17.3 Å². The highest BCUT2D eigenvalue weighted by atomic mass is 35.5. The highest BCUT2D eigenvalue weighted by Crippen LogP contribution is 2.32. The van der Waals surface area contributed by atoms with Crippen molar-refractivity contribution in [2.75, 3.05) is 12.4 Å². The van der Waals surface area contributed by atoms with Gasteiger partial charge in [-0.3, -0.25) is 4.68 Å². The Morgan fingerprint density at radius 3 is 2.75 bits per heavy atom. The smallest absolute Gasteiger partial charge is 0.246 e. The van der Waals surface area contributed by atoms with Gasteiger partial charge in [-0.25, -0.2) is 8.42 Å². The van der Waals surface area contributed by atoms with E-state index < -0.39 is 10.0 Å². The lowest BCUT2D eigenvalue weighted by Crippen LogP contribution is -2.34. The van der Waals surface area contributed by atoms with Crippen LogP contribution in [0.5, 0.6) is 0 Å². The van der Waals surface area contributed by atoms with Crippen LogP contribution in [0, 0.1) is 5.92 Å². The topological polar surface area (TPSA) is 55.2 Å². The van der Waals surface area contributed by atoms with Gasteiger partial charge in [0.25, 0.3) is 0 Å². The van der Waals surface area contributed by atoms with Gasteiger partial charge in [0, 0.05) is 24.7 Å². The second-order valence-corrected chi connectivity index (χ2v) is 7.93. The van der Waals surface area contributed by atoms with Crippen molar-refractivity contribution in [3.05, 3.63) is 12.4 Å². The number of sulfonamides is 1. The number of halogens is 1. The standard InChI is InChI=1S/C13H22ClN3O2S/c1-11(2)5-7-17(12-3-4-12)20(18,19)13-9-15-16(10-13)8-6-14/h9-12H,3-8H2,1-2H3. The third-order valence-electron chi connectivity index (χ3n) is 3.41. The normalized spacial score (nSPS) is 16.2. The van der Waals surface area contributed by atoms with Gasteiger partial charge in [-0.1, -0.05) is 13.8 Å². The fourth-order valence-corrected chi connectivity index (χ4v) is 3.90. The van der Waals surface area contributed by atoms with E-state index in [-0.39, 0.29) is 10.9 Å². The summed E-state index contributed by atoms with van der Waals surface area (Å²) in [5.41, 5.74) is 0. The number of rotatable bonds is 8. The maximum Gasteiger partial charge on any atom is 0.246 e. The summed E-state index contributed by atoms with van der Waals surface area (Å²) in [5.74, 6) is 0.909. The van der Waals surface area contributed by atoms with Crippen molar-refractivity contribution in [3.8, 4) is 0 Å². The molecule has 0 saturated heterocycles. The Hall–Kier alpha value is -0.590. The lowest BCUT2D eigenvalue weighted by molar-refractivity contribution is 0.373. The number of aromatic nitrogens is 2. The second kappa shape index (κ2) is 6.45. The number of hydrogen-bond acceptors (Lipinski definition) is 3. The Bertz CT molecular complexity index is 538. The van der Waals surface area contributed by atoms with Crippen molar-refractivity contribution in [3.63, 3.8) is 0 Å². The summed E-state index contributed by atoms with van der Waals surface area (Å²) in [6.07, 6.45) is 5.81. The van der Waals surface area contributed by atoms with Crippen molar-refractivity contribution in [1.82, 2.24) is 14.1 Å². The molecule has 0 aliphatic heterocycles. The summed E-state index contributed by atoms with van der Waals surface area (Å²) in [6, 6.07) is 0.176. The highest BCUT2D eigenvalue weighted by molar-refractivity contribution is 7.89. The molecule has 1 aromatic rings. The predicted molar refractivity (Wildman–Crippen MR) is 79.3 cm³/mol. The number of nitrogens with zero attached hydrogens (tertiary/aromatic N) is 3. The van der Waals surface area contributed by atoms with Crippen LogP contribution >= 0.6 is 11.6 Å². The van der Waals surface area contributed by atoms with Crippen molar-refractivity contribution in [1.29, 1.82) is 0 Å². The van der Waals surface area contributed by atoms with E-state index in [1.54, 1.807) is 15.2 Å². The molecule has 1 aliphatic rings. The average Bonchev–Trinajstić information content (AvgIpc) is 3.07. The van der Waals surface area contributed by atoms with Crippen molar-refractivity contribution >= 4 is 21.6 Å². The van der Waals surface area contributed by atoms with Crippen LogP contribution in [0.25, 0.3) is 0 Å². The first-order valence-corrected chi connectivity index (χ1v) is 9.03. The molecule has 114 valence electrons. The molecule has 1 aromatic heterocycles. The first kappa shape index (κ1) is 15.8. The van der Waals surface area contributed by atoms with Crippen LogP contribution < -0.4 is 0 Å². The summed E-state index contributed by atoms with van der Waals surface area (Å²) < 4.78 is 28.6. The molecule has 1 fully saturated rings. The van der Waals surface area contributed by atoms with E-state index in [0.717, 1.165) is 19.3 Å². The molecule has 2 rings (SSSR count). The number of hydrogen-bond donors (Lipinski definition) is 0. The molecule has 0 atom stereocenters.